The Morgan fingerprint density at radius 1 is 0.913 bits per heavy atom. The van der Waals surface area contributed by atoms with Gasteiger partial charge in [-0.05, 0) is 92.0 Å². The van der Waals surface area contributed by atoms with Gasteiger partial charge in [0.25, 0.3) is 11.5 Å². The molecule has 2 aliphatic rings. The van der Waals surface area contributed by atoms with Crippen LogP contribution >= 0.6 is 12.2 Å². The summed E-state index contributed by atoms with van der Waals surface area (Å²) in [5.41, 5.74) is 6.48. The molecule has 2 atom stereocenters. The summed E-state index contributed by atoms with van der Waals surface area (Å²) in [7, 11) is 3.22. The molecule has 0 radical (unpaired) electrons. The van der Waals surface area contributed by atoms with E-state index >= 15 is 0 Å². The number of aromatic nitrogens is 1. The number of rotatable bonds is 9. The molecule has 3 N–H and O–H groups in total. The fraction of sp³-hybridized carbons (Fsp3) is 0.306. The van der Waals surface area contributed by atoms with Crippen molar-refractivity contribution in [3.63, 3.8) is 0 Å². The number of fused-ring (bicyclic) bond motifs is 4. The topological polar surface area (TPSA) is 96.9 Å². The number of carbonyl (C=O) groups excluding carboxylic acids is 1. The molecular formula is C36H39N5O4S. The minimum atomic E-state index is -0.170. The Morgan fingerprint density at radius 2 is 1.72 bits per heavy atom. The SMILES string of the molecule is COc1ccc(CCNC(=O)c2ccc(N3C[C@H]4C[C@@H](C3)c3cccc(=O)n3C4)c(NC(=S)Nc3ccc(C)cc3)c2)cc1OC. The molecule has 4 aromatic rings. The summed E-state index contributed by atoms with van der Waals surface area (Å²) in [6.07, 6.45) is 1.69. The lowest BCUT2D eigenvalue weighted by molar-refractivity contribution is 0.0954. The number of hydrogen-bond acceptors (Lipinski definition) is 6. The van der Waals surface area contributed by atoms with E-state index in [-0.39, 0.29) is 17.4 Å². The van der Waals surface area contributed by atoms with Gasteiger partial charge in [0.15, 0.2) is 16.6 Å². The van der Waals surface area contributed by atoms with E-state index in [0.717, 1.165) is 53.4 Å². The lowest BCUT2D eigenvalue weighted by Crippen LogP contribution is -2.47. The highest BCUT2D eigenvalue weighted by Crippen LogP contribution is 2.39. The number of anilines is 3. The van der Waals surface area contributed by atoms with Crippen LogP contribution in [0.4, 0.5) is 17.1 Å². The van der Waals surface area contributed by atoms with E-state index in [1.807, 2.05) is 78.2 Å². The summed E-state index contributed by atoms with van der Waals surface area (Å²) >= 11 is 5.73. The first-order chi connectivity index (χ1) is 22.3. The van der Waals surface area contributed by atoms with E-state index in [1.54, 1.807) is 20.3 Å². The van der Waals surface area contributed by atoms with Crippen molar-refractivity contribution in [2.45, 2.75) is 32.2 Å². The second-order valence-electron chi connectivity index (χ2n) is 12.0. The summed E-state index contributed by atoms with van der Waals surface area (Å²) in [5, 5.41) is 10.1. The van der Waals surface area contributed by atoms with E-state index < -0.39 is 0 Å². The standard InChI is InChI=1S/C36H39N5O4S/c1-23-7-11-28(12-8-23)38-36(46)39-29-19-26(35(43)37-16-15-24-9-14-32(44-2)33(18-24)45-3)10-13-31(29)40-20-25-17-27(22-40)30-5-4-6-34(42)41(30)21-25/h4-14,18-19,25,27H,15-17,20-22H2,1-3H3,(H,37,43)(H2,38,39,46)/t25-,27+/m1/s1. The number of amides is 1. The van der Waals surface area contributed by atoms with E-state index in [1.165, 1.54) is 0 Å². The Morgan fingerprint density at radius 3 is 2.50 bits per heavy atom. The Bertz CT molecular complexity index is 1810. The Labute approximate surface area is 274 Å². The molecule has 46 heavy (non-hydrogen) atoms. The number of piperidine rings is 1. The number of nitrogens with zero attached hydrogens (tertiary/aromatic N) is 2. The maximum Gasteiger partial charge on any atom is 0.251 e. The molecule has 0 aliphatic carbocycles. The molecule has 1 saturated heterocycles. The highest BCUT2D eigenvalue weighted by Gasteiger charge is 2.35. The van der Waals surface area contributed by atoms with Crippen molar-refractivity contribution >= 4 is 40.3 Å². The van der Waals surface area contributed by atoms with Gasteiger partial charge in [0, 0.05) is 55.1 Å². The fourth-order valence-corrected chi connectivity index (χ4v) is 6.75. The number of carbonyl (C=O) groups is 1. The van der Waals surface area contributed by atoms with Gasteiger partial charge < -0.3 is 34.9 Å². The normalized spacial score (nSPS) is 16.6. The summed E-state index contributed by atoms with van der Waals surface area (Å²) < 4.78 is 12.7. The Hall–Kier alpha value is -4.83. The summed E-state index contributed by atoms with van der Waals surface area (Å²) in [6.45, 7) is 4.78. The first-order valence-corrected chi connectivity index (χ1v) is 15.9. The molecule has 9 nitrogen and oxygen atoms in total. The van der Waals surface area contributed by atoms with Crippen LogP contribution in [0.3, 0.4) is 0 Å². The van der Waals surface area contributed by atoms with E-state index in [4.69, 9.17) is 21.7 Å². The summed E-state index contributed by atoms with van der Waals surface area (Å²) in [6, 6.07) is 25.1. The van der Waals surface area contributed by atoms with Crippen molar-refractivity contribution in [3.05, 3.63) is 112 Å². The predicted octanol–water partition coefficient (Wildman–Crippen LogP) is 5.58. The number of thiocarbonyl (C=S) groups is 1. The van der Waals surface area contributed by atoms with E-state index in [0.29, 0.717) is 47.6 Å². The molecule has 2 aliphatic heterocycles. The highest BCUT2D eigenvalue weighted by atomic mass is 32.1. The van der Waals surface area contributed by atoms with Crippen molar-refractivity contribution in [3.8, 4) is 11.5 Å². The third kappa shape index (κ3) is 6.87. The third-order valence-electron chi connectivity index (χ3n) is 8.78. The second-order valence-corrected chi connectivity index (χ2v) is 12.4. The maximum absolute atomic E-state index is 13.4. The molecule has 0 saturated carbocycles. The average molecular weight is 638 g/mol. The zero-order chi connectivity index (χ0) is 32.2. The number of methoxy groups -OCH3 is 2. The van der Waals surface area contributed by atoms with Gasteiger partial charge in [0.05, 0.1) is 25.6 Å². The van der Waals surface area contributed by atoms with Crippen LogP contribution in [0.15, 0.2) is 83.7 Å². The molecule has 238 valence electrons. The van der Waals surface area contributed by atoms with Crippen LogP contribution in [0.25, 0.3) is 0 Å². The number of ether oxygens (including phenoxy) is 2. The van der Waals surface area contributed by atoms with Crippen molar-refractivity contribution in [2.24, 2.45) is 5.92 Å². The molecular weight excluding hydrogens is 598 g/mol. The minimum absolute atomic E-state index is 0.0667. The largest absolute Gasteiger partial charge is 0.493 e. The minimum Gasteiger partial charge on any atom is -0.493 e. The molecule has 10 heteroatoms. The lowest BCUT2D eigenvalue weighted by Gasteiger charge is -2.44. The number of hydrogen-bond donors (Lipinski definition) is 3. The first kappa shape index (κ1) is 31.2. The van der Waals surface area contributed by atoms with Gasteiger partial charge >= 0.3 is 0 Å². The first-order valence-electron chi connectivity index (χ1n) is 15.5. The molecule has 2 bridgehead atoms. The number of aryl methyl sites for hydroxylation is 1. The lowest BCUT2D eigenvalue weighted by atomic mass is 9.83. The van der Waals surface area contributed by atoms with Crippen LogP contribution in [0.5, 0.6) is 11.5 Å². The molecule has 1 amide bonds. The van der Waals surface area contributed by atoms with Gasteiger partial charge in [0.1, 0.15) is 0 Å². The van der Waals surface area contributed by atoms with Gasteiger partial charge in [-0.1, -0.05) is 29.8 Å². The number of benzene rings is 3. The zero-order valence-electron chi connectivity index (χ0n) is 26.3. The molecule has 1 fully saturated rings. The Kier molecular flexibility index (Phi) is 9.25. The van der Waals surface area contributed by atoms with Gasteiger partial charge in [-0.25, -0.2) is 0 Å². The molecule has 1 aromatic heterocycles. The molecule has 0 unspecified atom stereocenters. The van der Waals surface area contributed by atoms with Crippen molar-refractivity contribution < 1.29 is 14.3 Å². The fourth-order valence-electron chi connectivity index (χ4n) is 6.53. The molecule has 3 heterocycles. The summed E-state index contributed by atoms with van der Waals surface area (Å²) in [4.78, 5) is 28.3. The van der Waals surface area contributed by atoms with Gasteiger partial charge in [-0.15, -0.1) is 0 Å². The van der Waals surface area contributed by atoms with Crippen molar-refractivity contribution in [2.75, 3.05) is 49.4 Å². The average Bonchev–Trinajstić information content (AvgIpc) is 3.06. The van der Waals surface area contributed by atoms with E-state index in [2.05, 4.69) is 26.9 Å². The van der Waals surface area contributed by atoms with Gasteiger partial charge in [0.2, 0.25) is 0 Å². The smallest absolute Gasteiger partial charge is 0.251 e. The number of pyridine rings is 1. The van der Waals surface area contributed by atoms with Crippen LogP contribution in [0.1, 0.15) is 39.5 Å². The van der Waals surface area contributed by atoms with Crippen molar-refractivity contribution in [1.29, 1.82) is 0 Å². The predicted molar refractivity (Wildman–Crippen MR) is 187 cm³/mol. The highest BCUT2D eigenvalue weighted by molar-refractivity contribution is 7.80. The van der Waals surface area contributed by atoms with Gasteiger partial charge in [-0.3, -0.25) is 9.59 Å². The van der Waals surface area contributed by atoms with Crippen molar-refractivity contribution in [1.82, 2.24) is 9.88 Å². The Balaban J connectivity index is 1.21. The van der Waals surface area contributed by atoms with Crippen LogP contribution in [0.2, 0.25) is 0 Å². The molecule has 3 aromatic carbocycles. The van der Waals surface area contributed by atoms with Crippen LogP contribution in [-0.4, -0.2) is 49.4 Å². The maximum atomic E-state index is 13.4. The molecule has 6 rings (SSSR count). The molecule has 0 spiro atoms. The van der Waals surface area contributed by atoms with E-state index in [9.17, 15) is 9.59 Å². The monoisotopic (exact) mass is 637 g/mol. The van der Waals surface area contributed by atoms with Crippen LogP contribution in [-0.2, 0) is 13.0 Å². The van der Waals surface area contributed by atoms with Crippen LogP contribution < -0.4 is 35.9 Å². The quantitative estimate of drug-likeness (QED) is 0.205. The van der Waals surface area contributed by atoms with Crippen LogP contribution in [0, 0.1) is 12.8 Å². The second kappa shape index (κ2) is 13.7. The third-order valence-corrected chi connectivity index (χ3v) is 8.99. The zero-order valence-corrected chi connectivity index (χ0v) is 27.2. The number of nitrogens with one attached hydrogen (secondary N) is 3. The summed E-state index contributed by atoms with van der Waals surface area (Å²) in [5.74, 6) is 1.74. The van der Waals surface area contributed by atoms with Gasteiger partial charge in [-0.2, -0.15) is 0 Å².